The highest BCUT2D eigenvalue weighted by molar-refractivity contribution is 5.99. The summed E-state index contributed by atoms with van der Waals surface area (Å²) in [6.45, 7) is 0.666. The fourth-order valence-corrected chi connectivity index (χ4v) is 4.44. The van der Waals surface area contributed by atoms with Crippen molar-refractivity contribution in [3.63, 3.8) is 0 Å². The number of benzene rings is 2. The molecule has 0 saturated carbocycles. The van der Waals surface area contributed by atoms with Gasteiger partial charge in [0.1, 0.15) is 18.5 Å². The van der Waals surface area contributed by atoms with Crippen molar-refractivity contribution < 1.29 is 23.9 Å². The van der Waals surface area contributed by atoms with Crippen molar-refractivity contribution >= 4 is 23.5 Å². The normalized spacial score (nSPS) is 21.5. The Hall–Kier alpha value is -3.59. The summed E-state index contributed by atoms with van der Waals surface area (Å²) >= 11 is 0. The lowest BCUT2D eigenvalue weighted by Gasteiger charge is -2.42. The van der Waals surface area contributed by atoms with E-state index in [-0.39, 0.29) is 42.7 Å². The van der Waals surface area contributed by atoms with Crippen LogP contribution in [-0.2, 0) is 16.1 Å². The Morgan fingerprint density at radius 2 is 1.89 bits per heavy atom. The molecule has 2 aliphatic rings. The number of rotatable bonds is 5. The summed E-state index contributed by atoms with van der Waals surface area (Å²) in [6, 6.07) is 14.1. The standard InChI is InChI=1S/C26H32N4O5/c1-29(2)24(31)14-19-10-11-21-23(35-19)16-34-22-12-9-18(13-20(22)25(32)30(21)3)28-26(33)27-15-17-7-5-4-6-8-17/h4-9,12-13,19,21,23H,10-11,14-16H2,1-3H3,(H2,27,28,33)/t19-,21+,23+/m0/s1. The fraction of sp³-hybridized carbons (Fsp3) is 0.423. The molecule has 0 radical (unpaired) electrons. The summed E-state index contributed by atoms with van der Waals surface area (Å²) in [5, 5.41) is 5.60. The molecular weight excluding hydrogens is 448 g/mol. The van der Waals surface area contributed by atoms with Crippen LogP contribution in [0.2, 0.25) is 0 Å². The van der Waals surface area contributed by atoms with Crippen molar-refractivity contribution in [3.8, 4) is 5.75 Å². The van der Waals surface area contributed by atoms with Crippen molar-refractivity contribution in [2.45, 2.75) is 44.1 Å². The molecule has 2 aromatic rings. The average Bonchev–Trinajstić information content (AvgIpc) is 2.86. The van der Waals surface area contributed by atoms with Crippen LogP contribution in [0.3, 0.4) is 0 Å². The van der Waals surface area contributed by atoms with E-state index in [1.54, 1.807) is 49.1 Å². The highest BCUT2D eigenvalue weighted by Gasteiger charge is 2.39. The van der Waals surface area contributed by atoms with E-state index in [1.807, 2.05) is 30.3 Å². The molecule has 3 atom stereocenters. The monoisotopic (exact) mass is 480 g/mol. The molecule has 0 bridgehead atoms. The van der Waals surface area contributed by atoms with Crippen molar-refractivity contribution in [2.24, 2.45) is 0 Å². The fourth-order valence-electron chi connectivity index (χ4n) is 4.44. The van der Waals surface area contributed by atoms with E-state index < -0.39 is 0 Å². The number of fused-ring (bicyclic) bond motifs is 2. The van der Waals surface area contributed by atoms with Gasteiger partial charge in [0.2, 0.25) is 5.91 Å². The molecule has 0 spiro atoms. The molecule has 2 aromatic carbocycles. The number of hydrogen-bond donors (Lipinski definition) is 2. The van der Waals surface area contributed by atoms with Crippen LogP contribution in [0.5, 0.6) is 5.75 Å². The lowest BCUT2D eigenvalue weighted by atomic mass is 9.94. The molecule has 2 aliphatic heterocycles. The topological polar surface area (TPSA) is 100 Å². The Balaban J connectivity index is 1.42. The van der Waals surface area contributed by atoms with E-state index in [1.165, 1.54) is 0 Å². The molecule has 0 aromatic heterocycles. The van der Waals surface area contributed by atoms with Crippen molar-refractivity contribution in [3.05, 3.63) is 59.7 Å². The van der Waals surface area contributed by atoms with Gasteiger partial charge in [-0.15, -0.1) is 0 Å². The molecule has 35 heavy (non-hydrogen) atoms. The number of urea groups is 1. The zero-order valence-corrected chi connectivity index (χ0v) is 20.3. The first-order valence-electron chi connectivity index (χ1n) is 11.8. The Morgan fingerprint density at radius 1 is 1.11 bits per heavy atom. The van der Waals surface area contributed by atoms with Gasteiger partial charge in [0, 0.05) is 33.4 Å². The van der Waals surface area contributed by atoms with Crippen LogP contribution in [0, 0.1) is 0 Å². The van der Waals surface area contributed by atoms with Crippen molar-refractivity contribution in [1.29, 1.82) is 0 Å². The first-order valence-corrected chi connectivity index (χ1v) is 11.8. The molecule has 2 heterocycles. The molecule has 9 nitrogen and oxygen atoms in total. The largest absolute Gasteiger partial charge is 0.490 e. The van der Waals surface area contributed by atoms with Crippen molar-refractivity contribution in [1.82, 2.24) is 15.1 Å². The smallest absolute Gasteiger partial charge is 0.319 e. The summed E-state index contributed by atoms with van der Waals surface area (Å²) < 4.78 is 12.2. The Kier molecular flexibility index (Phi) is 7.55. The first kappa shape index (κ1) is 24.5. The number of anilines is 1. The summed E-state index contributed by atoms with van der Waals surface area (Å²) in [5.41, 5.74) is 1.87. The minimum absolute atomic E-state index is 0.0165. The maximum atomic E-state index is 13.3. The lowest BCUT2D eigenvalue weighted by molar-refractivity contribution is -0.140. The van der Waals surface area contributed by atoms with Gasteiger partial charge in [0.05, 0.1) is 24.1 Å². The third-order valence-corrected chi connectivity index (χ3v) is 6.47. The molecule has 4 amide bonds. The summed E-state index contributed by atoms with van der Waals surface area (Å²) in [4.78, 5) is 41.1. The van der Waals surface area contributed by atoms with E-state index in [2.05, 4.69) is 10.6 Å². The second kappa shape index (κ2) is 10.8. The zero-order valence-electron chi connectivity index (χ0n) is 20.3. The predicted molar refractivity (Wildman–Crippen MR) is 131 cm³/mol. The molecule has 4 rings (SSSR count). The number of nitrogens with one attached hydrogen (secondary N) is 2. The Labute approximate surface area is 205 Å². The number of nitrogens with zero attached hydrogens (tertiary/aromatic N) is 2. The van der Waals surface area contributed by atoms with E-state index in [0.717, 1.165) is 12.0 Å². The van der Waals surface area contributed by atoms with E-state index in [0.29, 0.717) is 36.4 Å². The number of carbonyl (C=O) groups excluding carboxylic acids is 3. The summed E-state index contributed by atoms with van der Waals surface area (Å²) in [7, 11) is 5.22. The van der Waals surface area contributed by atoms with Crippen LogP contribution in [0.15, 0.2) is 48.5 Å². The van der Waals surface area contributed by atoms with Crippen LogP contribution in [0.4, 0.5) is 10.5 Å². The maximum absolute atomic E-state index is 13.3. The number of amides is 4. The van der Waals surface area contributed by atoms with Crippen LogP contribution in [-0.4, -0.2) is 73.6 Å². The van der Waals surface area contributed by atoms with Gasteiger partial charge < -0.3 is 29.9 Å². The summed E-state index contributed by atoms with van der Waals surface area (Å²) in [5.74, 6) is 0.253. The molecule has 9 heteroatoms. The second-order valence-electron chi connectivity index (χ2n) is 9.16. The van der Waals surface area contributed by atoms with Crippen LogP contribution in [0.1, 0.15) is 35.2 Å². The van der Waals surface area contributed by atoms with Gasteiger partial charge in [0.15, 0.2) is 0 Å². The van der Waals surface area contributed by atoms with Gasteiger partial charge >= 0.3 is 6.03 Å². The van der Waals surface area contributed by atoms with Gasteiger partial charge in [-0.3, -0.25) is 9.59 Å². The molecule has 0 aliphatic carbocycles. The number of likely N-dealkylation sites (N-methyl/N-ethyl adjacent to an activating group) is 1. The first-order chi connectivity index (χ1) is 16.8. The van der Waals surface area contributed by atoms with Crippen molar-refractivity contribution in [2.75, 3.05) is 33.1 Å². The molecule has 0 unspecified atom stereocenters. The maximum Gasteiger partial charge on any atom is 0.319 e. The van der Waals surface area contributed by atoms with E-state index in [9.17, 15) is 14.4 Å². The van der Waals surface area contributed by atoms with Crippen LogP contribution in [0.25, 0.3) is 0 Å². The Bertz CT molecular complexity index is 1070. The Morgan fingerprint density at radius 3 is 2.63 bits per heavy atom. The quantitative estimate of drug-likeness (QED) is 0.686. The molecule has 186 valence electrons. The predicted octanol–water partition coefficient (Wildman–Crippen LogP) is 2.87. The van der Waals surface area contributed by atoms with Gasteiger partial charge in [-0.1, -0.05) is 30.3 Å². The third-order valence-electron chi connectivity index (χ3n) is 6.47. The van der Waals surface area contributed by atoms with Crippen LogP contribution < -0.4 is 15.4 Å². The number of ether oxygens (including phenoxy) is 2. The highest BCUT2D eigenvalue weighted by Crippen LogP contribution is 2.32. The van der Waals surface area contributed by atoms with Gasteiger partial charge in [-0.25, -0.2) is 4.79 Å². The third kappa shape index (κ3) is 5.92. The average molecular weight is 481 g/mol. The minimum Gasteiger partial charge on any atom is -0.490 e. The summed E-state index contributed by atoms with van der Waals surface area (Å²) in [6.07, 6.45) is 1.20. The van der Waals surface area contributed by atoms with E-state index in [4.69, 9.17) is 9.47 Å². The molecule has 2 N–H and O–H groups in total. The van der Waals surface area contributed by atoms with Gasteiger partial charge in [-0.05, 0) is 36.6 Å². The molecule has 1 saturated heterocycles. The van der Waals surface area contributed by atoms with Crippen LogP contribution >= 0.6 is 0 Å². The number of carbonyl (C=O) groups is 3. The minimum atomic E-state index is -0.361. The second-order valence-corrected chi connectivity index (χ2v) is 9.16. The zero-order chi connectivity index (χ0) is 24.9. The lowest BCUT2D eigenvalue weighted by Crippen LogP contribution is -2.53. The molecule has 1 fully saturated rings. The highest BCUT2D eigenvalue weighted by atomic mass is 16.5. The molecular formula is C26H32N4O5. The SMILES string of the molecule is CN(C)C(=O)C[C@@H]1CC[C@@H]2[C@@H](COc3ccc(NC(=O)NCc4ccccc4)cc3C(=O)N2C)O1. The number of hydrogen-bond acceptors (Lipinski definition) is 5. The van der Waals surface area contributed by atoms with E-state index >= 15 is 0 Å². The van der Waals surface area contributed by atoms with Gasteiger partial charge in [-0.2, -0.15) is 0 Å². The van der Waals surface area contributed by atoms with Gasteiger partial charge in [0.25, 0.3) is 5.91 Å².